The lowest BCUT2D eigenvalue weighted by atomic mass is 10.1. The Morgan fingerprint density at radius 1 is 1.13 bits per heavy atom. The SMILES string of the molecule is CCCCn1c(=O)c2ccccc2n2c(SCC(=O)Nc3cc(C)ccc3C)nnc12. The highest BCUT2D eigenvalue weighted by molar-refractivity contribution is 7.99. The predicted molar refractivity (Wildman–Crippen MR) is 125 cm³/mol. The normalized spacial score (nSPS) is 11.3. The van der Waals surface area contributed by atoms with Gasteiger partial charge in [-0.15, -0.1) is 10.2 Å². The van der Waals surface area contributed by atoms with E-state index in [1.54, 1.807) is 4.57 Å². The number of rotatable bonds is 7. The molecule has 0 spiro atoms. The monoisotopic (exact) mass is 435 g/mol. The van der Waals surface area contributed by atoms with Crippen LogP contribution >= 0.6 is 11.8 Å². The van der Waals surface area contributed by atoms with E-state index in [-0.39, 0.29) is 17.2 Å². The second-order valence-corrected chi connectivity index (χ2v) is 8.54. The maximum absolute atomic E-state index is 13.0. The molecule has 0 aliphatic rings. The van der Waals surface area contributed by atoms with Gasteiger partial charge in [0.05, 0.1) is 16.7 Å². The van der Waals surface area contributed by atoms with Crippen molar-refractivity contribution in [3.8, 4) is 0 Å². The van der Waals surface area contributed by atoms with Crippen molar-refractivity contribution in [3.63, 3.8) is 0 Å². The van der Waals surface area contributed by atoms with Crippen LogP contribution in [0.4, 0.5) is 5.69 Å². The van der Waals surface area contributed by atoms with Crippen LogP contribution in [0.1, 0.15) is 30.9 Å². The average molecular weight is 436 g/mol. The zero-order valence-electron chi connectivity index (χ0n) is 17.9. The standard InChI is InChI=1S/C23H25N5O2S/c1-4-5-12-27-21(30)17-8-6-7-9-19(17)28-22(27)25-26-23(28)31-14-20(29)24-18-13-15(2)10-11-16(18)3/h6-11,13H,4-5,12,14H2,1-3H3,(H,24,29). The van der Waals surface area contributed by atoms with Crippen molar-refractivity contribution in [1.82, 2.24) is 19.2 Å². The second-order valence-electron chi connectivity index (χ2n) is 7.60. The Morgan fingerprint density at radius 3 is 2.74 bits per heavy atom. The van der Waals surface area contributed by atoms with Gasteiger partial charge in [-0.1, -0.05) is 49.4 Å². The van der Waals surface area contributed by atoms with Gasteiger partial charge in [0.1, 0.15) is 0 Å². The first kappa shape index (κ1) is 21.1. The number of aromatic nitrogens is 4. The summed E-state index contributed by atoms with van der Waals surface area (Å²) in [6.45, 7) is 6.63. The third-order valence-electron chi connectivity index (χ3n) is 5.21. The Kier molecular flexibility index (Phi) is 6.08. The fourth-order valence-electron chi connectivity index (χ4n) is 3.53. The minimum absolute atomic E-state index is 0.0619. The van der Waals surface area contributed by atoms with Crippen molar-refractivity contribution < 1.29 is 4.79 Å². The molecule has 0 atom stereocenters. The molecule has 0 fully saturated rings. The number of nitrogens with zero attached hydrogens (tertiary/aromatic N) is 4. The largest absolute Gasteiger partial charge is 0.325 e. The molecule has 0 radical (unpaired) electrons. The first-order valence-electron chi connectivity index (χ1n) is 10.4. The summed E-state index contributed by atoms with van der Waals surface area (Å²) in [5.41, 5.74) is 3.61. The van der Waals surface area contributed by atoms with E-state index < -0.39 is 0 Å². The van der Waals surface area contributed by atoms with Crippen LogP contribution in [0, 0.1) is 13.8 Å². The lowest BCUT2D eigenvalue weighted by Crippen LogP contribution is -2.23. The van der Waals surface area contributed by atoms with Crippen LogP contribution in [-0.4, -0.2) is 30.8 Å². The van der Waals surface area contributed by atoms with Crippen molar-refractivity contribution in [2.75, 3.05) is 11.1 Å². The van der Waals surface area contributed by atoms with Gasteiger partial charge < -0.3 is 5.32 Å². The zero-order chi connectivity index (χ0) is 22.0. The zero-order valence-corrected chi connectivity index (χ0v) is 18.7. The first-order chi connectivity index (χ1) is 15.0. The van der Waals surface area contributed by atoms with E-state index in [0.29, 0.717) is 22.9 Å². The van der Waals surface area contributed by atoms with Crippen molar-refractivity contribution >= 4 is 40.0 Å². The molecule has 0 saturated heterocycles. The van der Waals surface area contributed by atoms with Crippen LogP contribution in [0.25, 0.3) is 16.7 Å². The molecule has 2 aromatic carbocycles. The molecule has 0 aliphatic heterocycles. The summed E-state index contributed by atoms with van der Waals surface area (Å²) >= 11 is 1.31. The molecule has 1 amide bonds. The second kappa shape index (κ2) is 8.93. The molecule has 8 heteroatoms. The van der Waals surface area contributed by atoms with Gasteiger partial charge in [-0.2, -0.15) is 0 Å². The number of hydrogen-bond acceptors (Lipinski definition) is 5. The first-order valence-corrected chi connectivity index (χ1v) is 11.3. The molecule has 2 aromatic heterocycles. The Morgan fingerprint density at radius 2 is 1.94 bits per heavy atom. The Labute approximate surface area is 184 Å². The summed E-state index contributed by atoms with van der Waals surface area (Å²) < 4.78 is 3.56. The number of nitrogens with one attached hydrogen (secondary N) is 1. The highest BCUT2D eigenvalue weighted by Gasteiger charge is 2.17. The van der Waals surface area contributed by atoms with E-state index in [0.717, 1.165) is 35.2 Å². The number of anilines is 1. The summed E-state index contributed by atoms with van der Waals surface area (Å²) in [7, 11) is 0. The van der Waals surface area contributed by atoms with Crippen LogP contribution in [0.2, 0.25) is 0 Å². The Bertz CT molecular complexity index is 1330. The average Bonchev–Trinajstić information content (AvgIpc) is 3.19. The summed E-state index contributed by atoms with van der Waals surface area (Å²) in [4.78, 5) is 25.6. The third kappa shape index (κ3) is 4.20. The molecule has 31 heavy (non-hydrogen) atoms. The van der Waals surface area contributed by atoms with Gasteiger partial charge in [0.2, 0.25) is 11.7 Å². The third-order valence-corrected chi connectivity index (χ3v) is 6.14. The lowest BCUT2D eigenvalue weighted by molar-refractivity contribution is -0.113. The molecular weight excluding hydrogens is 410 g/mol. The molecule has 0 aliphatic carbocycles. The number of carbonyl (C=O) groups excluding carboxylic acids is 1. The predicted octanol–water partition coefficient (Wildman–Crippen LogP) is 4.19. The smallest absolute Gasteiger partial charge is 0.262 e. The molecule has 0 bridgehead atoms. The lowest BCUT2D eigenvalue weighted by Gasteiger charge is -2.11. The van der Waals surface area contributed by atoms with Gasteiger partial charge >= 0.3 is 0 Å². The van der Waals surface area contributed by atoms with Crippen LogP contribution in [-0.2, 0) is 11.3 Å². The maximum atomic E-state index is 13.0. The summed E-state index contributed by atoms with van der Waals surface area (Å²) in [6.07, 6.45) is 1.85. The van der Waals surface area contributed by atoms with Gasteiger partial charge in [-0.3, -0.25) is 18.6 Å². The number of benzene rings is 2. The van der Waals surface area contributed by atoms with Gasteiger partial charge in [0.25, 0.3) is 5.56 Å². The molecule has 1 N–H and O–H groups in total. The van der Waals surface area contributed by atoms with Gasteiger partial charge in [0, 0.05) is 12.2 Å². The summed E-state index contributed by atoms with van der Waals surface area (Å²) in [6, 6.07) is 13.4. The molecule has 0 unspecified atom stereocenters. The summed E-state index contributed by atoms with van der Waals surface area (Å²) in [5, 5.41) is 12.8. The van der Waals surface area contributed by atoms with Gasteiger partial charge in [-0.25, -0.2) is 0 Å². The molecule has 4 rings (SSSR count). The number of unbranched alkanes of at least 4 members (excludes halogenated alkanes) is 1. The van der Waals surface area contributed by atoms with E-state index >= 15 is 0 Å². The summed E-state index contributed by atoms with van der Waals surface area (Å²) in [5.74, 6) is 0.588. The van der Waals surface area contributed by atoms with E-state index in [9.17, 15) is 9.59 Å². The Balaban J connectivity index is 1.65. The number of aryl methyl sites for hydroxylation is 3. The minimum Gasteiger partial charge on any atom is -0.325 e. The van der Waals surface area contributed by atoms with E-state index in [2.05, 4.69) is 22.4 Å². The number of fused-ring (bicyclic) bond motifs is 3. The highest BCUT2D eigenvalue weighted by atomic mass is 32.2. The number of amides is 1. The molecule has 4 aromatic rings. The number of thioether (sulfide) groups is 1. The van der Waals surface area contributed by atoms with Gasteiger partial charge in [-0.05, 0) is 49.6 Å². The highest BCUT2D eigenvalue weighted by Crippen LogP contribution is 2.23. The van der Waals surface area contributed by atoms with Crippen molar-refractivity contribution in [2.45, 2.75) is 45.3 Å². The number of hydrogen-bond donors (Lipinski definition) is 1. The molecule has 0 saturated carbocycles. The fourth-order valence-corrected chi connectivity index (χ4v) is 4.27. The van der Waals surface area contributed by atoms with Gasteiger partial charge in [0.15, 0.2) is 5.16 Å². The molecule has 7 nitrogen and oxygen atoms in total. The van der Waals surface area contributed by atoms with Crippen LogP contribution in [0.5, 0.6) is 0 Å². The molecular formula is C23H25N5O2S. The van der Waals surface area contributed by atoms with Crippen molar-refractivity contribution in [2.24, 2.45) is 0 Å². The van der Waals surface area contributed by atoms with Crippen LogP contribution in [0.3, 0.4) is 0 Å². The maximum Gasteiger partial charge on any atom is 0.262 e. The van der Waals surface area contributed by atoms with Crippen molar-refractivity contribution in [1.29, 1.82) is 0 Å². The number of carbonyl (C=O) groups is 1. The quantitative estimate of drug-likeness (QED) is 0.440. The van der Waals surface area contributed by atoms with Crippen molar-refractivity contribution in [3.05, 3.63) is 63.9 Å². The Hall–Kier alpha value is -3.13. The number of para-hydroxylation sites is 1. The van der Waals surface area contributed by atoms with Crippen LogP contribution < -0.4 is 10.9 Å². The van der Waals surface area contributed by atoms with E-state index in [4.69, 9.17) is 0 Å². The van der Waals surface area contributed by atoms with E-state index in [1.807, 2.05) is 60.7 Å². The topological polar surface area (TPSA) is 81.3 Å². The fraction of sp³-hybridized carbons (Fsp3) is 0.304. The molecule has 2 heterocycles. The van der Waals surface area contributed by atoms with Crippen LogP contribution in [0.15, 0.2) is 52.4 Å². The molecule has 160 valence electrons. The van der Waals surface area contributed by atoms with E-state index in [1.165, 1.54) is 11.8 Å². The minimum atomic E-state index is -0.112.